The van der Waals surface area contributed by atoms with Gasteiger partial charge in [0.25, 0.3) is 0 Å². The fourth-order valence-electron chi connectivity index (χ4n) is 1.43. The van der Waals surface area contributed by atoms with Gasteiger partial charge in [-0.05, 0) is 48.9 Å². The van der Waals surface area contributed by atoms with Crippen LogP contribution in [0.4, 0.5) is 5.69 Å². The van der Waals surface area contributed by atoms with Crippen LogP contribution in [0.3, 0.4) is 0 Å². The minimum Gasteiger partial charge on any atom is -0.494 e. The summed E-state index contributed by atoms with van der Waals surface area (Å²) in [5.41, 5.74) is 1.64. The van der Waals surface area contributed by atoms with Crippen molar-refractivity contribution in [2.24, 2.45) is 4.99 Å². The lowest BCUT2D eigenvalue weighted by molar-refractivity contribution is 0.340. The second-order valence-corrected chi connectivity index (χ2v) is 3.93. The third-order valence-corrected chi connectivity index (χ3v) is 2.57. The molecule has 1 aromatic carbocycles. The van der Waals surface area contributed by atoms with Crippen molar-refractivity contribution in [1.29, 1.82) is 0 Å². The van der Waals surface area contributed by atoms with Crippen LogP contribution in [0.5, 0.6) is 5.75 Å². The Bertz CT molecular complexity index is 538. The zero-order valence-corrected chi connectivity index (χ0v) is 10.8. The van der Waals surface area contributed by atoms with E-state index in [0.717, 1.165) is 11.3 Å². The van der Waals surface area contributed by atoms with Gasteiger partial charge in [-0.25, -0.2) is 4.98 Å². The van der Waals surface area contributed by atoms with Crippen molar-refractivity contribution in [3.8, 4) is 5.75 Å². The van der Waals surface area contributed by atoms with Crippen LogP contribution in [0.15, 0.2) is 47.6 Å². The minimum atomic E-state index is 0.402. The van der Waals surface area contributed by atoms with E-state index in [1.165, 1.54) is 0 Å². The van der Waals surface area contributed by atoms with Crippen molar-refractivity contribution in [3.05, 3.63) is 53.3 Å². The molecular formula is C14H13ClN2O. The molecule has 0 aliphatic rings. The number of hydrogen-bond acceptors (Lipinski definition) is 3. The number of benzene rings is 1. The lowest BCUT2D eigenvalue weighted by Gasteiger charge is -2.02. The summed E-state index contributed by atoms with van der Waals surface area (Å²) in [4.78, 5) is 8.25. The molecule has 0 aliphatic carbocycles. The molecule has 0 amide bonds. The van der Waals surface area contributed by atoms with E-state index in [9.17, 15) is 0 Å². The predicted molar refractivity (Wildman–Crippen MR) is 74.1 cm³/mol. The molecule has 2 rings (SSSR count). The van der Waals surface area contributed by atoms with Crippen LogP contribution in [-0.4, -0.2) is 17.8 Å². The number of pyridine rings is 1. The van der Waals surface area contributed by atoms with Crippen molar-refractivity contribution in [2.45, 2.75) is 6.92 Å². The van der Waals surface area contributed by atoms with Gasteiger partial charge in [0.15, 0.2) is 5.15 Å². The molecule has 0 atom stereocenters. The summed E-state index contributed by atoms with van der Waals surface area (Å²) in [6.45, 7) is 2.62. The number of ether oxygens (including phenoxy) is 1. The summed E-state index contributed by atoms with van der Waals surface area (Å²) in [7, 11) is 0. The Labute approximate surface area is 111 Å². The van der Waals surface area contributed by atoms with Crippen LogP contribution in [0.25, 0.3) is 0 Å². The van der Waals surface area contributed by atoms with Crippen LogP contribution < -0.4 is 4.74 Å². The van der Waals surface area contributed by atoms with E-state index in [-0.39, 0.29) is 0 Å². The molecule has 3 nitrogen and oxygen atoms in total. The SMILES string of the molecule is CCOc1ccc(C=Nc2cccnc2Cl)cc1. The number of rotatable bonds is 4. The highest BCUT2D eigenvalue weighted by Gasteiger charge is 1.96. The lowest BCUT2D eigenvalue weighted by atomic mass is 10.2. The highest BCUT2D eigenvalue weighted by Crippen LogP contribution is 2.21. The number of aromatic nitrogens is 1. The molecule has 92 valence electrons. The van der Waals surface area contributed by atoms with Gasteiger partial charge in [0.05, 0.1) is 6.61 Å². The maximum absolute atomic E-state index is 5.91. The van der Waals surface area contributed by atoms with Gasteiger partial charge in [0, 0.05) is 12.4 Å². The smallest absolute Gasteiger partial charge is 0.154 e. The maximum Gasteiger partial charge on any atom is 0.154 e. The van der Waals surface area contributed by atoms with Gasteiger partial charge in [-0.1, -0.05) is 11.6 Å². The summed E-state index contributed by atoms with van der Waals surface area (Å²) >= 11 is 5.91. The largest absolute Gasteiger partial charge is 0.494 e. The fourth-order valence-corrected chi connectivity index (χ4v) is 1.60. The second-order valence-electron chi connectivity index (χ2n) is 3.57. The third kappa shape index (κ3) is 3.31. The molecule has 0 saturated heterocycles. The molecule has 0 fully saturated rings. The molecule has 0 radical (unpaired) electrons. The van der Waals surface area contributed by atoms with Gasteiger partial charge in [-0.2, -0.15) is 0 Å². The van der Waals surface area contributed by atoms with Crippen molar-refractivity contribution in [2.75, 3.05) is 6.61 Å². The molecule has 0 unspecified atom stereocenters. The van der Waals surface area contributed by atoms with Crippen molar-refractivity contribution < 1.29 is 4.74 Å². The van der Waals surface area contributed by atoms with E-state index in [2.05, 4.69) is 9.98 Å². The first-order valence-corrected chi connectivity index (χ1v) is 6.05. The Morgan fingerprint density at radius 3 is 2.72 bits per heavy atom. The molecule has 0 saturated carbocycles. The van der Waals surface area contributed by atoms with Crippen molar-refractivity contribution >= 4 is 23.5 Å². The Kier molecular flexibility index (Phi) is 4.31. The molecule has 18 heavy (non-hydrogen) atoms. The zero-order valence-electron chi connectivity index (χ0n) is 10.0. The average Bonchev–Trinajstić information content (AvgIpc) is 2.40. The molecule has 0 spiro atoms. The first-order chi connectivity index (χ1) is 8.79. The van der Waals surface area contributed by atoms with Crippen LogP contribution in [0.2, 0.25) is 5.15 Å². The molecule has 1 aromatic heterocycles. The van der Waals surface area contributed by atoms with E-state index < -0.39 is 0 Å². The zero-order chi connectivity index (χ0) is 12.8. The van der Waals surface area contributed by atoms with E-state index in [1.807, 2.05) is 37.3 Å². The molecule has 0 N–H and O–H groups in total. The van der Waals surface area contributed by atoms with E-state index >= 15 is 0 Å². The lowest BCUT2D eigenvalue weighted by Crippen LogP contribution is -1.91. The molecule has 4 heteroatoms. The number of aliphatic imine (C=N–C) groups is 1. The quantitative estimate of drug-likeness (QED) is 0.617. The number of nitrogens with zero attached hydrogens (tertiary/aromatic N) is 2. The van der Waals surface area contributed by atoms with Crippen molar-refractivity contribution in [3.63, 3.8) is 0 Å². The van der Waals surface area contributed by atoms with Crippen LogP contribution in [-0.2, 0) is 0 Å². The normalized spacial score (nSPS) is 10.8. The summed E-state index contributed by atoms with van der Waals surface area (Å²) in [6, 6.07) is 11.3. The first kappa shape index (κ1) is 12.6. The molecule has 0 aliphatic heterocycles. The van der Waals surface area contributed by atoms with E-state index in [4.69, 9.17) is 16.3 Å². The Morgan fingerprint density at radius 1 is 1.28 bits per heavy atom. The Hall–Kier alpha value is -1.87. The average molecular weight is 261 g/mol. The molecule has 0 bridgehead atoms. The van der Waals surface area contributed by atoms with E-state index in [0.29, 0.717) is 17.4 Å². The summed E-state index contributed by atoms with van der Waals surface area (Å²) in [5, 5.41) is 0.402. The van der Waals surface area contributed by atoms with E-state index in [1.54, 1.807) is 18.5 Å². The predicted octanol–water partition coefficient (Wildman–Crippen LogP) is 3.88. The first-order valence-electron chi connectivity index (χ1n) is 5.67. The highest BCUT2D eigenvalue weighted by molar-refractivity contribution is 6.31. The monoisotopic (exact) mass is 260 g/mol. The number of hydrogen-bond donors (Lipinski definition) is 0. The maximum atomic E-state index is 5.91. The fraction of sp³-hybridized carbons (Fsp3) is 0.143. The van der Waals surface area contributed by atoms with Crippen molar-refractivity contribution in [1.82, 2.24) is 4.98 Å². The molecule has 1 heterocycles. The van der Waals surface area contributed by atoms with Gasteiger partial charge in [-0.15, -0.1) is 0 Å². The molecule has 2 aromatic rings. The Morgan fingerprint density at radius 2 is 2.06 bits per heavy atom. The minimum absolute atomic E-state index is 0.402. The van der Waals surface area contributed by atoms with Gasteiger partial charge in [-0.3, -0.25) is 4.99 Å². The van der Waals surface area contributed by atoms with Crippen LogP contribution >= 0.6 is 11.6 Å². The van der Waals surface area contributed by atoms with Crippen LogP contribution in [0.1, 0.15) is 12.5 Å². The summed E-state index contributed by atoms with van der Waals surface area (Å²) in [6.07, 6.45) is 3.39. The van der Waals surface area contributed by atoms with Gasteiger partial charge in [0.2, 0.25) is 0 Å². The summed E-state index contributed by atoms with van der Waals surface area (Å²) < 4.78 is 5.37. The summed E-state index contributed by atoms with van der Waals surface area (Å²) in [5.74, 6) is 0.856. The van der Waals surface area contributed by atoms with Gasteiger partial charge in [0.1, 0.15) is 11.4 Å². The topological polar surface area (TPSA) is 34.5 Å². The van der Waals surface area contributed by atoms with Gasteiger partial charge < -0.3 is 4.74 Å². The molecular weight excluding hydrogens is 248 g/mol. The number of halogens is 1. The third-order valence-electron chi connectivity index (χ3n) is 2.28. The van der Waals surface area contributed by atoms with Gasteiger partial charge >= 0.3 is 0 Å². The second kappa shape index (κ2) is 6.17. The standard InChI is InChI=1S/C14H13ClN2O/c1-2-18-12-7-5-11(6-8-12)10-17-13-4-3-9-16-14(13)15/h3-10H,2H2,1H3. The highest BCUT2D eigenvalue weighted by atomic mass is 35.5. The van der Waals surface area contributed by atoms with Crippen LogP contribution in [0, 0.1) is 0 Å². The Balaban J connectivity index is 2.12.